The second kappa shape index (κ2) is 39.5. The quantitative estimate of drug-likeness (QED) is 0.0207. The van der Waals surface area contributed by atoms with Gasteiger partial charge in [-0.1, -0.05) is 117 Å². The summed E-state index contributed by atoms with van der Waals surface area (Å²) in [6.07, 6.45) is 2.64. The summed E-state index contributed by atoms with van der Waals surface area (Å²) in [5.74, 6) is 16.2. The van der Waals surface area contributed by atoms with Crippen LogP contribution in [-0.4, -0.2) is 62.3 Å². The van der Waals surface area contributed by atoms with Gasteiger partial charge < -0.3 is 47.8 Å². The van der Waals surface area contributed by atoms with Crippen molar-refractivity contribution in [3.8, 4) is 63.9 Å². The van der Waals surface area contributed by atoms with Gasteiger partial charge in [0.25, 0.3) is 0 Å². The second-order valence-electron chi connectivity index (χ2n) is 17.2. The van der Waals surface area contributed by atoms with Gasteiger partial charge in [-0.15, -0.1) is 34.8 Å². The van der Waals surface area contributed by atoms with E-state index in [9.17, 15) is 27.6 Å². The zero-order chi connectivity index (χ0) is 66.5. The summed E-state index contributed by atoms with van der Waals surface area (Å²) < 4.78 is 58.6. The summed E-state index contributed by atoms with van der Waals surface area (Å²) in [7, 11) is 0. The van der Waals surface area contributed by atoms with Crippen LogP contribution in [-0.2, 0) is 9.59 Å². The Bertz CT molecular complexity index is 3790. The number of pyridine rings is 3. The summed E-state index contributed by atoms with van der Waals surface area (Å²) in [5.41, 5.74) is 27.5. The van der Waals surface area contributed by atoms with Crippen LogP contribution >= 0.6 is 128 Å². The third-order valence-electron chi connectivity index (χ3n) is 10.9. The lowest BCUT2D eigenvalue weighted by molar-refractivity contribution is -0.118. The molecule has 0 fully saturated rings. The van der Waals surface area contributed by atoms with Gasteiger partial charge in [-0.25, -0.2) is 28.1 Å². The minimum Gasteiger partial charge on any atom is -0.482 e. The average molecular weight is 1440 g/mol. The number of benzene rings is 4. The summed E-state index contributed by atoms with van der Waals surface area (Å²) in [6, 6.07) is 20.2. The predicted molar refractivity (Wildman–Crippen MR) is 354 cm³/mol. The third kappa shape index (κ3) is 25.6. The Morgan fingerprint density at radius 3 is 1.24 bits per heavy atom. The molecular weight excluding hydrogens is 1390 g/mol. The number of nitrogens with two attached hydrogens (primary N) is 4. The maximum atomic E-state index is 13.9. The molecule has 0 saturated carbocycles. The fourth-order valence-electron chi connectivity index (χ4n) is 6.91. The molecule has 3 atom stereocenters. The van der Waals surface area contributed by atoms with E-state index in [-0.39, 0.29) is 85.1 Å². The highest BCUT2D eigenvalue weighted by atomic mass is 35.5. The van der Waals surface area contributed by atoms with Crippen LogP contribution in [0.25, 0.3) is 11.1 Å². The highest BCUT2D eigenvalue weighted by Crippen LogP contribution is 2.39. The first-order valence-electron chi connectivity index (χ1n) is 25.2. The Morgan fingerprint density at radius 1 is 0.528 bits per heavy atom. The number of hydrogen-bond donors (Lipinski definition) is 6. The number of amides is 2. The van der Waals surface area contributed by atoms with E-state index in [1.807, 2.05) is 24.3 Å². The smallest absolute Gasteiger partial charge is 0.314 e. The van der Waals surface area contributed by atoms with Gasteiger partial charge in [0, 0.05) is 91.7 Å². The molecule has 0 aliphatic rings. The predicted octanol–water partition coefficient (Wildman–Crippen LogP) is 15.9. The first-order chi connectivity index (χ1) is 42.2. The standard InChI is InChI=1S/C23H17Cl3FN3O2.C18H16Cl2FN3O2.C16H14Cl2FN3O.C2H2Cl2O.CH2Cl2/c1-13(20-17(24)8-9-18(27)21(20)25)32-19-11-16(12-30-22(19)28)15-6-4-14(5-7-15)3-2-10-29-23(26)31;1-10(16-13(19)5-6-14(21)17(16)20)26-15-8-12(9-24-18(15)22)4-3-7-23-11(2)25;1-9(14-11(17)4-5-12(19)15(14)18)23-13-7-10(3-2-6-20)8-22-16(13)21;3-1-2(4)5;2-1-3/h4-9,11-13H,10H2,1H3,(H2,28,30)(H,29,31);5-6,8-10H,7H2,1-2H3,(H2,22,24)(H,23,25);4-5,7-9H,6,20H2,1H3,(H2,21,22);1H2;1H2. The van der Waals surface area contributed by atoms with Crippen molar-refractivity contribution in [3.63, 3.8) is 0 Å². The van der Waals surface area contributed by atoms with Crippen molar-refractivity contribution in [1.29, 1.82) is 0 Å². The fourth-order valence-corrected chi connectivity index (χ4v) is 9.01. The highest BCUT2D eigenvalue weighted by Gasteiger charge is 2.23. The van der Waals surface area contributed by atoms with Gasteiger partial charge in [0.15, 0.2) is 34.7 Å². The number of alkyl halides is 3. The van der Waals surface area contributed by atoms with E-state index in [0.29, 0.717) is 44.3 Å². The summed E-state index contributed by atoms with van der Waals surface area (Å²) in [6.45, 7) is 7.04. The Kier molecular flexibility index (Phi) is 34.0. The van der Waals surface area contributed by atoms with E-state index in [0.717, 1.165) is 16.7 Å². The van der Waals surface area contributed by atoms with E-state index >= 15 is 0 Å². The minimum atomic E-state index is -0.670. The third-order valence-corrected chi connectivity index (χ3v) is 13.7. The van der Waals surface area contributed by atoms with Crippen LogP contribution in [0, 0.1) is 53.0 Å². The van der Waals surface area contributed by atoms with Gasteiger partial charge in [-0.2, -0.15) is 0 Å². The van der Waals surface area contributed by atoms with Crippen LogP contribution in [0.1, 0.15) is 79.4 Å². The molecule has 4 aromatic carbocycles. The number of anilines is 3. The molecule has 2 amide bonds. The summed E-state index contributed by atoms with van der Waals surface area (Å²) in [5, 5.41) is 4.54. The number of rotatable bonds is 13. The van der Waals surface area contributed by atoms with E-state index in [4.69, 9.17) is 165 Å². The number of halogens is 14. The Balaban J connectivity index is 0.000000332. The van der Waals surface area contributed by atoms with Crippen LogP contribution in [0.15, 0.2) is 97.5 Å². The minimum absolute atomic E-state index is 0.0874. The van der Waals surface area contributed by atoms with Crippen molar-refractivity contribution in [2.24, 2.45) is 5.73 Å². The van der Waals surface area contributed by atoms with Crippen LogP contribution in [0.2, 0.25) is 30.1 Å². The largest absolute Gasteiger partial charge is 0.482 e. The van der Waals surface area contributed by atoms with Gasteiger partial charge in [0.2, 0.25) is 11.1 Å². The molecule has 0 radical (unpaired) electrons. The number of carbonyl (C=O) groups excluding carboxylic acids is 3. The van der Waals surface area contributed by atoms with Gasteiger partial charge in [0.05, 0.1) is 45.9 Å². The lowest BCUT2D eigenvalue weighted by Gasteiger charge is -2.19. The van der Waals surface area contributed by atoms with Gasteiger partial charge in [-0.3, -0.25) is 14.4 Å². The number of nitrogens with one attached hydrogen (secondary N) is 2. The van der Waals surface area contributed by atoms with Crippen molar-refractivity contribution in [2.75, 3.05) is 48.1 Å². The molecule has 7 rings (SSSR count). The number of carbonyl (C=O) groups is 3. The zero-order valence-electron chi connectivity index (χ0n) is 46.9. The maximum Gasteiger partial charge on any atom is 0.314 e. The zero-order valence-corrected chi connectivity index (χ0v) is 55.2. The molecule has 0 aliphatic heterocycles. The lowest BCUT2D eigenvalue weighted by Crippen LogP contribution is -2.19. The molecule has 29 heteroatoms. The van der Waals surface area contributed by atoms with E-state index < -0.39 is 46.4 Å². The van der Waals surface area contributed by atoms with Crippen molar-refractivity contribution >= 4 is 162 Å². The molecular formula is C60H51Cl11F3N9O6. The molecule has 15 nitrogen and oxygen atoms in total. The van der Waals surface area contributed by atoms with Crippen molar-refractivity contribution in [1.82, 2.24) is 25.6 Å². The van der Waals surface area contributed by atoms with Crippen LogP contribution in [0.5, 0.6) is 17.2 Å². The fraction of sp³-hybridized carbons (Fsp3) is 0.200. The van der Waals surface area contributed by atoms with E-state index in [2.05, 4.69) is 61.1 Å². The normalized spacial score (nSPS) is 11.0. The number of nitrogen functional groups attached to an aromatic ring is 3. The lowest BCUT2D eigenvalue weighted by atomic mass is 10.1. The van der Waals surface area contributed by atoms with Gasteiger partial charge >= 0.3 is 5.37 Å². The molecule has 0 saturated heterocycles. The number of aromatic nitrogens is 3. The molecule has 89 heavy (non-hydrogen) atoms. The molecule has 470 valence electrons. The molecule has 0 spiro atoms. The van der Waals surface area contributed by atoms with Crippen LogP contribution < -0.4 is 47.8 Å². The molecule has 3 unspecified atom stereocenters. The topological polar surface area (TPSA) is 246 Å². The van der Waals surface area contributed by atoms with Crippen LogP contribution in [0.3, 0.4) is 0 Å². The molecule has 10 N–H and O–H groups in total. The first kappa shape index (κ1) is 76.6. The molecule has 3 aromatic heterocycles. The maximum absolute atomic E-state index is 13.9. The Morgan fingerprint density at radius 2 is 0.876 bits per heavy atom. The first-order valence-corrected chi connectivity index (χ1v) is 29.8. The molecule has 3 heterocycles. The van der Waals surface area contributed by atoms with Crippen molar-refractivity contribution < 1.29 is 41.8 Å². The van der Waals surface area contributed by atoms with Crippen LogP contribution in [0.4, 0.5) is 35.4 Å². The summed E-state index contributed by atoms with van der Waals surface area (Å²) in [4.78, 5) is 43.1. The monoisotopic (exact) mass is 1440 g/mol. The second-order valence-corrected chi connectivity index (χ2v) is 21.4. The molecule has 7 aromatic rings. The SMILES string of the molecule is CC(=O)NCC#Cc1cnc(N)c(OC(C)c2c(Cl)ccc(F)c2Cl)c1.CC(Oc1cc(-c2ccc(C#CCNC(=O)Cl)cc2)cnc1N)c1c(Cl)ccc(F)c1Cl.CC(Oc1cc(C#CCN)cnc1N)c1c(Cl)ccc(F)c1Cl.ClCCl.O=C(Cl)CCl. The molecule has 0 aliphatic carbocycles. The van der Waals surface area contributed by atoms with Crippen molar-refractivity contribution in [3.05, 3.63) is 178 Å². The average Bonchev–Trinajstić information content (AvgIpc) is 2.56. The van der Waals surface area contributed by atoms with Crippen molar-refractivity contribution in [2.45, 2.75) is 46.0 Å². The van der Waals surface area contributed by atoms with Gasteiger partial charge in [-0.05, 0) is 104 Å². The van der Waals surface area contributed by atoms with E-state index in [1.165, 1.54) is 55.7 Å². The highest BCUT2D eigenvalue weighted by molar-refractivity contribution is 6.67. The summed E-state index contributed by atoms with van der Waals surface area (Å²) >= 11 is 60.7. The Hall–Kier alpha value is -6.64. The van der Waals surface area contributed by atoms with E-state index in [1.54, 1.807) is 45.2 Å². The van der Waals surface area contributed by atoms with Gasteiger partial charge in [0.1, 0.15) is 35.8 Å². The number of nitrogens with zero attached hydrogens (tertiary/aromatic N) is 3. The number of hydrogen-bond acceptors (Lipinski definition) is 13. The molecule has 0 bridgehead atoms. The Labute approximate surface area is 566 Å². The number of ether oxygens (including phenoxy) is 3.